The van der Waals surface area contributed by atoms with Crippen molar-refractivity contribution in [2.45, 2.75) is 113 Å². The summed E-state index contributed by atoms with van der Waals surface area (Å²) in [4.78, 5) is 21.7. The molecule has 1 atom stereocenters. The van der Waals surface area contributed by atoms with E-state index in [0.29, 0.717) is 5.57 Å². The van der Waals surface area contributed by atoms with E-state index < -0.39 is 5.92 Å². The molecule has 0 radical (unpaired) electrons. The van der Waals surface area contributed by atoms with Gasteiger partial charge in [0, 0.05) is 30.0 Å². The molecule has 216 valence electrons. The van der Waals surface area contributed by atoms with Crippen molar-refractivity contribution in [2.75, 3.05) is 0 Å². The van der Waals surface area contributed by atoms with Crippen LogP contribution < -0.4 is 5.32 Å². The van der Waals surface area contributed by atoms with Crippen LogP contribution in [0.2, 0.25) is 0 Å². The molecule has 38 heavy (non-hydrogen) atoms. The molecule has 0 aromatic heterocycles. The highest BCUT2D eigenvalue weighted by molar-refractivity contribution is 5.96. The summed E-state index contributed by atoms with van der Waals surface area (Å²) in [5.41, 5.74) is 2.66. The molecule has 0 aliphatic heterocycles. The first-order valence-electron chi connectivity index (χ1n) is 13.9. The number of halogens is 2. The van der Waals surface area contributed by atoms with E-state index >= 15 is 0 Å². The maximum atomic E-state index is 12.0. The minimum absolute atomic E-state index is 0.0198. The highest BCUT2D eigenvalue weighted by Crippen LogP contribution is 2.42. The van der Waals surface area contributed by atoms with Gasteiger partial charge in [0.1, 0.15) is 5.78 Å². The fraction of sp³-hybridized carbons (Fsp3) is 0.576. The number of carbonyl (C=O) groups excluding carboxylic acids is 2. The van der Waals surface area contributed by atoms with E-state index in [0.717, 1.165) is 11.6 Å². The van der Waals surface area contributed by atoms with E-state index in [1.165, 1.54) is 38.7 Å². The molecule has 0 bridgehead atoms. The van der Waals surface area contributed by atoms with E-state index in [2.05, 4.69) is 58.6 Å². The minimum atomic E-state index is -2.55. The van der Waals surface area contributed by atoms with Crippen LogP contribution in [0.4, 0.5) is 8.78 Å². The average Bonchev–Trinajstić information content (AvgIpc) is 2.85. The number of alkyl halides is 2. The first-order valence-corrected chi connectivity index (χ1v) is 13.9. The zero-order valence-corrected chi connectivity index (χ0v) is 25.6. The second kappa shape index (κ2) is 19.5. The lowest BCUT2D eigenvalue weighted by atomic mass is 9.79. The quantitative estimate of drug-likeness (QED) is 0.240. The Morgan fingerprint density at radius 2 is 1.61 bits per heavy atom. The predicted octanol–water partition coefficient (Wildman–Crippen LogP) is 9.60. The molecular formula is C33H53F2NO2. The van der Waals surface area contributed by atoms with Gasteiger partial charge < -0.3 is 5.32 Å². The molecule has 0 saturated heterocycles. The maximum absolute atomic E-state index is 12.0. The highest BCUT2D eigenvalue weighted by atomic mass is 19.3. The summed E-state index contributed by atoms with van der Waals surface area (Å²) in [7, 11) is 0. The largest absolute Gasteiger partial charge is 0.380 e. The van der Waals surface area contributed by atoms with Crippen LogP contribution in [0.3, 0.4) is 0 Å². The van der Waals surface area contributed by atoms with Gasteiger partial charge in [0.15, 0.2) is 5.78 Å². The number of ketones is 2. The highest BCUT2D eigenvalue weighted by Gasteiger charge is 2.47. The Kier molecular flexibility index (Phi) is 19.3. The number of carbonyl (C=O) groups is 2. The van der Waals surface area contributed by atoms with Crippen molar-refractivity contribution < 1.29 is 18.4 Å². The van der Waals surface area contributed by atoms with Gasteiger partial charge in [-0.2, -0.15) is 0 Å². The molecule has 0 amide bonds. The fourth-order valence-corrected chi connectivity index (χ4v) is 3.65. The Hall–Kier alpha value is -2.56. The van der Waals surface area contributed by atoms with Gasteiger partial charge in [0.25, 0.3) is 0 Å². The summed E-state index contributed by atoms with van der Waals surface area (Å²) in [5.74, 6) is -2.05. The molecule has 1 N–H and O–H groups in total. The molecule has 5 heteroatoms. The number of nitrogens with one attached hydrogen (secondary N) is 1. The van der Waals surface area contributed by atoms with E-state index in [-0.39, 0.29) is 35.9 Å². The summed E-state index contributed by atoms with van der Waals surface area (Å²) < 4.78 is 24.0. The van der Waals surface area contributed by atoms with Gasteiger partial charge in [-0.25, -0.2) is 8.78 Å². The molecule has 3 nitrogen and oxygen atoms in total. The molecule has 1 aromatic carbocycles. The smallest absolute Gasteiger partial charge is 0.249 e. The van der Waals surface area contributed by atoms with Crippen LogP contribution in [0.1, 0.15) is 107 Å². The van der Waals surface area contributed by atoms with Crippen molar-refractivity contribution in [3.05, 3.63) is 72.0 Å². The second-order valence-corrected chi connectivity index (χ2v) is 10.2. The number of rotatable bonds is 10. The number of allylic oxidation sites excluding steroid dienone is 5. The van der Waals surface area contributed by atoms with Crippen molar-refractivity contribution in [3.8, 4) is 0 Å². The lowest BCUT2D eigenvalue weighted by Gasteiger charge is -2.32. The van der Waals surface area contributed by atoms with Gasteiger partial charge in [-0.1, -0.05) is 96.9 Å². The van der Waals surface area contributed by atoms with Gasteiger partial charge >= 0.3 is 0 Å². The van der Waals surface area contributed by atoms with Gasteiger partial charge in [-0.05, 0) is 58.3 Å². The van der Waals surface area contributed by atoms with Crippen LogP contribution in [0.25, 0.3) is 0 Å². The third kappa shape index (κ3) is 16.3. The Bertz CT molecular complexity index is 878. The molecule has 2 rings (SSSR count). The first-order chi connectivity index (χ1) is 17.7. The van der Waals surface area contributed by atoms with Gasteiger partial charge in [0.05, 0.1) is 5.54 Å². The summed E-state index contributed by atoms with van der Waals surface area (Å²) in [6.45, 7) is 23.6. The number of hydrogen-bond acceptors (Lipinski definition) is 3. The third-order valence-electron chi connectivity index (χ3n) is 6.29. The molecule has 1 aliphatic rings. The molecule has 1 aliphatic carbocycles. The molecule has 1 saturated carbocycles. The summed E-state index contributed by atoms with van der Waals surface area (Å²) >= 11 is 0. The van der Waals surface area contributed by atoms with Crippen molar-refractivity contribution >= 4 is 11.6 Å². The van der Waals surface area contributed by atoms with Crippen molar-refractivity contribution in [2.24, 2.45) is 11.8 Å². The second-order valence-electron chi connectivity index (χ2n) is 10.2. The van der Waals surface area contributed by atoms with Gasteiger partial charge in [-0.15, -0.1) is 0 Å². The number of hydrogen-bond donors (Lipinski definition) is 1. The zero-order valence-electron chi connectivity index (χ0n) is 25.6. The van der Waals surface area contributed by atoms with Crippen molar-refractivity contribution in [1.82, 2.24) is 5.32 Å². The lowest BCUT2D eigenvalue weighted by molar-refractivity contribution is -0.146. The molecule has 0 spiro atoms. The topological polar surface area (TPSA) is 46.2 Å². The van der Waals surface area contributed by atoms with Gasteiger partial charge in [-0.3, -0.25) is 9.59 Å². The van der Waals surface area contributed by atoms with Crippen LogP contribution in [0.5, 0.6) is 0 Å². The molecule has 1 fully saturated rings. The summed E-state index contributed by atoms with van der Waals surface area (Å²) in [6.07, 6.45) is 8.89. The van der Waals surface area contributed by atoms with Crippen LogP contribution >= 0.6 is 0 Å². The summed E-state index contributed by atoms with van der Waals surface area (Å²) in [6, 6.07) is 10.3. The van der Waals surface area contributed by atoms with E-state index in [1.807, 2.05) is 45.0 Å². The van der Waals surface area contributed by atoms with Crippen LogP contribution in [-0.2, 0) is 15.1 Å². The Labute approximate surface area is 231 Å². The Balaban J connectivity index is 0. The molecule has 1 unspecified atom stereocenters. The first kappa shape index (κ1) is 37.6. The average molecular weight is 534 g/mol. The Morgan fingerprint density at radius 1 is 1.08 bits per heavy atom. The molecular weight excluding hydrogens is 480 g/mol. The van der Waals surface area contributed by atoms with Crippen LogP contribution in [0.15, 0.2) is 66.4 Å². The maximum Gasteiger partial charge on any atom is 0.249 e. The van der Waals surface area contributed by atoms with Crippen molar-refractivity contribution in [3.63, 3.8) is 0 Å². The predicted molar refractivity (Wildman–Crippen MR) is 159 cm³/mol. The third-order valence-corrected chi connectivity index (χ3v) is 6.29. The molecule has 1 aromatic rings. The number of Topliss-reactive ketones (excluding diaryl/α,β-unsaturated/α-hetero) is 2. The van der Waals surface area contributed by atoms with E-state index in [9.17, 15) is 18.4 Å². The number of benzene rings is 1. The van der Waals surface area contributed by atoms with Crippen molar-refractivity contribution in [1.29, 1.82) is 0 Å². The minimum Gasteiger partial charge on any atom is -0.380 e. The standard InChI is InChI=1S/C18H23NO.C7H16.C6H8F2O.C2H6/c1-6-16(15(3)20)13-12-14(2)19-18(4,5)17-10-8-7-9-11-17;1-4-6-7(3)5-2;1-4(9)5-2-6(7,8)3-5;1-2/h6-13,19H,1H2,2-5H3;7H,4-6H2,1-3H3;5H,2-3H2,1H3;1-2H3/b14-12+,16-13+;;;. The van der Waals surface area contributed by atoms with E-state index in [4.69, 9.17) is 0 Å². The van der Waals surface area contributed by atoms with E-state index in [1.54, 1.807) is 12.2 Å². The SMILES string of the molecule is C=C/C(=C\C=C(/C)NC(C)(C)c1ccccc1)C(C)=O.CC.CC(=O)C1CC(F)(F)C1.CCCC(C)CC. The molecule has 0 heterocycles. The lowest BCUT2D eigenvalue weighted by Crippen LogP contribution is -2.38. The van der Waals surface area contributed by atoms with Crippen LogP contribution in [-0.4, -0.2) is 17.5 Å². The normalized spacial score (nSPS) is 15.6. The summed E-state index contributed by atoms with van der Waals surface area (Å²) in [5, 5.41) is 3.46. The zero-order chi connectivity index (χ0) is 29.9. The monoisotopic (exact) mass is 533 g/mol. The van der Waals surface area contributed by atoms with Gasteiger partial charge in [0.2, 0.25) is 5.92 Å². The fourth-order valence-electron chi connectivity index (χ4n) is 3.65. The Morgan fingerprint density at radius 3 is 1.92 bits per heavy atom. The van der Waals surface area contributed by atoms with Crippen LogP contribution in [0, 0.1) is 11.8 Å².